The first-order valence-corrected chi connectivity index (χ1v) is 6.53. The Morgan fingerprint density at radius 2 is 2.22 bits per heavy atom. The van der Waals surface area contributed by atoms with Crippen molar-refractivity contribution in [3.63, 3.8) is 0 Å². The molecule has 0 aliphatic heterocycles. The molecule has 0 saturated heterocycles. The predicted molar refractivity (Wildman–Crippen MR) is 74.2 cm³/mol. The topological polar surface area (TPSA) is 29.5 Å². The summed E-state index contributed by atoms with van der Waals surface area (Å²) in [6.45, 7) is 4.96. The lowest BCUT2D eigenvalue weighted by Crippen LogP contribution is -2.33. The van der Waals surface area contributed by atoms with Crippen LogP contribution >= 0.6 is 11.6 Å². The fourth-order valence-corrected chi connectivity index (χ4v) is 1.78. The van der Waals surface area contributed by atoms with E-state index < -0.39 is 5.38 Å². The normalized spacial score (nSPS) is 12.0. The van der Waals surface area contributed by atoms with Gasteiger partial charge in [0.05, 0.1) is 6.61 Å². The van der Waals surface area contributed by atoms with Gasteiger partial charge in [0.15, 0.2) is 0 Å². The molecule has 3 nitrogen and oxygen atoms in total. The molecular formula is C14H20ClNO2. The average Bonchev–Trinajstić information content (AvgIpc) is 2.33. The molecule has 0 saturated carbocycles. The van der Waals surface area contributed by atoms with E-state index in [1.54, 1.807) is 18.9 Å². The van der Waals surface area contributed by atoms with Gasteiger partial charge in [0.2, 0.25) is 5.91 Å². The number of aryl methyl sites for hydroxylation is 1. The Labute approximate surface area is 114 Å². The molecule has 0 aliphatic carbocycles. The third-order valence-corrected chi connectivity index (χ3v) is 2.80. The van der Waals surface area contributed by atoms with Gasteiger partial charge in [-0.25, -0.2) is 0 Å². The molecule has 0 aromatic heterocycles. The van der Waals surface area contributed by atoms with Crippen molar-refractivity contribution in [1.82, 2.24) is 4.90 Å². The summed E-state index contributed by atoms with van der Waals surface area (Å²) in [6, 6.07) is 7.93. The van der Waals surface area contributed by atoms with Crippen molar-refractivity contribution in [2.45, 2.75) is 25.6 Å². The van der Waals surface area contributed by atoms with E-state index >= 15 is 0 Å². The number of carbonyl (C=O) groups excluding carboxylic acids is 1. The summed E-state index contributed by atoms with van der Waals surface area (Å²) in [4.78, 5) is 13.1. The minimum atomic E-state index is -0.465. The van der Waals surface area contributed by atoms with Gasteiger partial charge in [-0.1, -0.05) is 12.1 Å². The summed E-state index contributed by atoms with van der Waals surface area (Å²) in [5.41, 5.74) is 1.18. The van der Waals surface area contributed by atoms with E-state index in [2.05, 4.69) is 0 Å². The Kier molecular flexibility index (Phi) is 5.99. The van der Waals surface area contributed by atoms with Crippen LogP contribution < -0.4 is 4.74 Å². The van der Waals surface area contributed by atoms with Crippen LogP contribution in [0.25, 0.3) is 0 Å². The number of alkyl halides is 1. The highest BCUT2D eigenvalue weighted by Gasteiger charge is 2.13. The molecule has 1 rings (SSSR count). The van der Waals surface area contributed by atoms with E-state index in [-0.39, 0.29) is 5.91 Å². The van der Waals surface area contributed by atoms with Gasteiger partial charge >= 0.3 is 0 Å². The van der Waals surface area contributed by atoms with Gasteiger partial charge in [-0.2, -0.15) is 0 Å². The Hall–Kier alpha value is -1.22. The largest absolute Gasteiger partial charge is 0.494 e. The van der Waals surface area contributed by atoms with Gasteiger partial charge in [0.1, 0.15) is 11.1 Å². The summed E-state index contributed by atoms with van der Waals surface area (Å²) in [5.74, 6) is 0.821. The Bertz CT molecular complexity index is 393. The molecule has 18 heavy (non-hydrogen) atoms. The highest BCUT2D eigenvalue weighted by molar-refractivity contribution is 6.30. The average molecular weight is 270 g/mol. The minimum absolute atomic E-state index is 0.0489. The van der Waals surface area contributed by atoms with Crippen LogP contribution in [0, 0.1) is 6.92 Å². The SMILES string of the molecule is Cc1cccc(OCCCN(C)C(=O)C(C)Cl)c1. The van der Waals surface area contributed by atoms with Crippen molar-refractivity contribution in [3.05, 3.63) is 29.8 Å². The smallest absolute Gasteiger partial charge is 0.240 e. The van der Waals surface area contributed by atoms with Crippen LogP contribution in [-0.2, 0) is 4.79 Å². The predicted octanol–water partition coefficient (Wildman–Crippen LogP) is 2.85. The first-order chi connectivity index (χ1) is 8.50. The van der Waals surface area contributed by atoms with Crippen molar-refractivity contribution in [2.24, 2.45) is 0 Å². The number of nitrogens with zero attached hydrogens (tertiary/aromatic N) is 1. The maximum atomic E-state index is 11.5. The molecule has 0 bridgehead atoms. The summed E-state index contributed by atoms with van der Waals surface area (Å²) < 4.78 is 5.61. The van der Waals surface area contributed by atoms with E-state index in [1.165, 1.54) is 5.56 Å². The van der Waals surface area contributed by atoms with Crippen LogP contribution in [0.3, 0.4) is 0 Å². The van der Waals surface area contributed by atoms with Gasteiger partial charge in [0.25, 0.3) is 0 Å². The zero-order valence-electron chi connectivity index (χ0n) is 11.1. The lowest BCUT2D eigenvalue weighted by molar-refractivity contribution is -0.129. The highest BCUT2D eigenvalue weighted by atomic mass is 35.5. The van der Waals surface area contributed by atoms with E-state index in [0.29, 0.717) is 13.2 Å². The molecule has 1 aromatic rings. The Balaban J connectivity index is 2.25. The molecule has 1 atom stereocenters. The summed E-state index contributed by atoms with van der Waals surface area (Å²) in [7, 11) is 1.76. The number of hydrogen-bond donors (Lipinski definition) is 0. The molecule has 0 fully saturated rings. The molecule has 1 aromatic carbocycles. The molecule has 0 N–H and O–H groups in total. The van der Waals surface area contributed by atoms with Crippen molar-refractivity contribution in [3.8, 4) is 5.75 Å². The zero-order chi connectivity index (χ0) is 13.5. The molecule has 100 valence electrons. The molecule has 1 amide bonds. The summed E-state index contributed by atoms with van der Waals surface area (Å²) in [5, 5.41) is -0.465. The van der Waals surface area contributed by atoms with Crippen molar-refractivity contribution in [1.29, 1.82) is 0 Å². The third kappa shape index (κ3) is 4.96. The van der Waals surface area contributed by atoms with Gasteiger partial charge in [-0.15, -0.1) is 11.6 Å². The van der Waals surface area contributed by atoms with Crippen LogP contribution in [0.2, 0.25) is 0 Å². The van der Waals surface area contributed by atoms with Crippen molar-refractivity contribution in [2.75, 3.05) is 20.2 Å². The maximum Gasteiger partial charge on any atom is 0.240 e. The fourth-order valence-electron chi connectivity index (χ4n) is 1.61. The van der Waals surface area contributed by atoms with Crippen LogP contribution in [0.1, 0.15) is 18.9 Å². The van der Waals surface area contributed by atoms with Gasteiger partial charge in [0, 0.05) is 13.6 Å². The van der Waals surface area contributed by atoms with E-state index in [9.17, 15) is 4.79 Å². The summed E-state index contributed by atoms with van der Waals surface area (Å²) in [6.07, 6.45) is 0.791. The monoisotopic (exact) mass is 269 g/mol. The van der Waals surface area contributed by atoms with Gasteiger partial charge in [-0.05, 0) is 38.0 Å². The maximum absolute atomic E-state index is 11.5. The van der Waals surface area contributed by atoms with Crippen molar-refractivity contribution < 1.29 is 9.53 Å². The second kappa shape index (κ2) is 7.27. The second-order valence-electron chi connectivity index (χ2n) is 4.39. The number of carbonyl (C=O) groups is 1. The lowest BCUT2D eigenvalue weighted by atomic mass is 10.2. The first-order valence-electron chi connectivity index (χ1n) is 6.09. The van der Waals surface area contributed by atoms with Crippen LogP contribution in [0.5, 0.6) is 5.75 Å². The fraction of sp³-hybridized carbons (Fsp3) is 0.500. The van der Waals surface area contributed by atoms with Crippen molar-refractivity contribution >= 4 is 17.5 Å². The second-order valence-corrected chi connectivity index (χ2v) is 5.05. The quantitative estimate of drug-likeness (QED) is 0.587. The number of hydrogen-bond acceptors (Lipinski definition) is 2. The zero-order valence-corrected chi connectivity index (χ0v) is 11.9. The number of rotatable bonds is 6. The number of benzene rings is 1. The molecule has 0 aliphatic rings. The highest BCUT2D eigenvalue weighted by Crippen LogP contribution is 2.12. The van der Waals surface area contributed by atoms with Gasteiger partial charge in [-0.3, -0.25) is 4.79 Å². The van der Waals surface area contributed by atoms with E-state index in [1.807, 2.05) is 31.2 Å². The van der Waals surface area contributed by atoms with Crippen LogP contribution in [0.4, 0.5) is 0 Å². The molecule has 0 heterocycles. The molecule has 1 unspecified atom stereocenters. The Morgan fingerprint density at radius 1 is 1.50 bits per heavy atom. The standard InChI is InChI=1S/C14H20ClNO2/c1-11-6-4-7-13(10-11)18-9-5-8-16(3)14(17)12(2)15/h4,6-7,10,12H,5,8-9H2,1-3H3. The third-order valence-electron chi connectivity index (χ3n) is 2.61. The number of halogens is 1. The van der Waals surface area contributed by atoms with E-state index in [4.69, 9.17) is 16.3 Å². The summed E-state index contributed by atoms with van der Waals surface area (Å²) >= 11 is 5.73. The number of amides is 1. The van der Waals surface area contributed by atoms with Crippen LogP contribution in [-0.4, -0.2) is 36.4 Å². The van der Waals surface area contributed by atoms with Crippen LogP contribution in [0.15, 0.2) is 24.3 Å². The number of ether oxygens (including phenoxy) is 1. The first kappa shape index (κ1) is 14.8. The lowest BCUT2D eigenvalue weighted by Gasteiger charge is -2.18. The minimum Gasteiger partial charge on any atom is -0.494 e. The van der Waals surface area contributed by atoms with Gasteiger partial charge < -0.3 is 9.64 Å². The Morgan fingerprint density at radius 3 is 2.83 bits per heavy atom. The van der Waals surface area contributed by atoms with E-state index in [0.717, 1.165) is 12.2 Å². The molecule has 0 spiro atoms. The molecule has 4 heteroatoms. The molecular weight excluding hydrogens is 250 g/mol. The molecule has 0 radical (unpaired) electrons.